The maximum Gasteiger partial charge on any atom is 0.519 e. The lowest BCUT2D eigenvalue weighted by Crippen LogP contribution is -1.95. The van der Waals surface area contributed by atoms with Crippen LogP contribution in [0.3, 0.4) is 0 Å². The van der Waals surface area contributed by atoms with Gasteiger partial charge in [-0.05, 0) is 13.0 Å². The zero-order chi connectivity index (χ0) is 9.14. The first-order valence-electron chi connectivity index (χ1n) is 3.10. The third-order valence-electron chi connectivity index (χ3n) is 1.17. The number of rotatable bonds is 2. The van der Waals surface area contributed by atoms with Crippen molar-refractivity contribution in [2.24, 2.45) is 0 Å². The average Bonchev–Trinajstić information content (AvgIpc) is 2.35. The summed E-state index contributed by atoms with van der Waals surface area (Å²) in [5.74, 6) is -1.82. The van der Waals surface area contributed by atoms with Crippen LogP contribution >= 0.6 is 0 Å². The summed E-state index contributed by atoms with van der Waals surface area (Å²) in [6.07, 6.45) is 2.25. The second-order valence-electron chi connectivity index (χ2n) is 2.12. The van der Waals surface area contributed by atoms with Gasteiger partial charge in [0.2, 0.25) is 0 Å². The van der Waals surface area contributed by atoms with E-state index in [1.165, 1.54) is 13.0 Å². The molecule has 1 rings (SSSR count). The molecule has 0 aliphatic rings. The molecule has 64 valence electrons. The van der Waals surface area contributed by atoms with Gasteiger partial charge in [-0.25, -0.2) is 9.59 Å². The quantitative estimate of drug-likeness (QED) is 0.661. The van der Waals surface area contributed by atoms with Crippen LogP contribution < -0.4 is 5.82 Å². The molecule has 1 aromatic heterocycles. The second kappa shape index (κ2) is 3.08. The number of hydrogen-bond acceptors (Lipinski definition) is 4. The fraction of sp³-hybridized carbons (Fsp3) is 0.143. The minimum atomic E-state index is -1.07. The summed E-state index contributed by atoms with van der Waals surface area (Å²) < 4.78 is 8.73. The Bertz CT molecular complexity index is 367. The van der Waals surface area contributed by atoms with Gasteiger partial charge in [-0.15, -0.1) is 0 Å². The van der Waals surface area contributed by atoms with E-state index in [-0.39, 0.29) is 11.3 Å². The summed E-state index contributed by atoms with van der Waals surface area (Å²) in [5, 5.41) is 8.43. The molecule has 0 radical (unpaired) electrons. The highest BCUT2D eigenvalue weighted by molar-refractivity contribution is 5.90. The van der Waals surface area contributed by atoms with Crippen molar-refractivity contribution < 1.29 is 18.7 Å². The van der Waals surface area contributed by atoms with Crippen LogP contribution in [0.15, 0.2) is 25.5 Å². The van der Waals surface area contributed by atoms with E-state index in [1.54, 1.807) is 0 Å². The Morgan fingerprint density at radius 3 is 2.75 bits per heavy atom. The number of aliphatic carboxylic acids is 1. The Kier molecular flexibility index (Phi) is 2.14. The van der Waals surface area contributed by atoms with Crippen LogP contribution in [0.2, 0.25) is 0 Å². The topological polar surface area (TPSA) is 80.7 Å². The van der Waals surface area contributed by atoms with Crippen molar-refractivity contribution >= 4 is 12.0 Å². The number of carbonyl (C=O) groups is 1. The standard InChI is InChI=1S/C7H6O5/c1-4(6(8)9)2-5-3-11-7(10)12-5/h2-3H,1H3,(H,8,9). The van der Waals surface area contributed by atoms with Gasteiger partial charge in [0.25, 0.3) is 0 Å². The smallest absolute Gasteiger partial charge is 0.478 e. The van der Waals surface area contributed by atoms with Crippen LogP contribution in [-0.2, 0) is 4.79 Å². The predicted octanol–water partition coefficient (Wildman–Crippen LogP) is 0.721. The summed E-state index contributed by atoms with van der Waals surface area (Å²) in [7, 11) is 0. The van der Waals surface area contributed by atoms with Crippen LogP contribution in [-0.4, -0.2) is 11.1 Å². The number of carboxylic acids is 1. The molecule has 0 unspecified atom stereocenters. The SMILES string of the molecule is CC(=Cc1coc(=O)o1)C(=O)O. The van der Waals surface area contributed by atoms with E-state index >= 15 is 0 Å². The lowest BCUT2D eigenvalue weighted by molar-refractivity contribution is -0.132. The van der Waals surface area contributed by atoms with Gasteiger partial charge in [0.05, 0.1) is 0 Å². The molecule has 0 aliphatic heterocycles. The third-order valence-corrected chi connectivity index (χ3v) is 1.17. The minimum absolute atomic E-state index is 0.0690. The normalized spacial score (nSPS) is 11.6. The predicted molar refractivity (Wildman–Crippen MR) is 38.5 cm³/mol. The van der Waals surface area contributed by atoms with Gasteiger partial charge in [-0.3, -0.25) is 0 Å². The van der Waals surface area contributed by atoms with Gasteiger partial charge in [0, 0.05) is 5.57 Å². The number of carboxylic acid groups (broad SMARTS) is 1. The Hall–Kier alpha value is -1.78. The van der Waals surface area contributed by atoms with Crippen molar-refractivity contribution in [2.45, 2.75) is 6.92 Å². The first-order valence-corrected chi connectivity index (χ1v) is 3.10. The van der Waals surface area contributed by atoms with E-state index in [1.807, 2.05) is 0 Å². The molecule has 0 aliphatic carbocycles. The molecule has 0 bridgehead atoms. The number of hydrogen-bond donors (Lipinski definition) is 1. The van der Waals surface area contributed by atoms with Crippen LogP contribution in [0, 0.1) is 0 Å². The molecule has 1 aromatic rings. The Labute approximate surface area is 66.9 Å². The van der Waals surface area contributed by atoms with Crippen LogP contribution in [0.4, 0.5) is 0 Å². The van der Waals surface area contributed by atoms with E-state index in [4.69, 9.17) is 5.11 Å². The highest BCUT2D eigenvalue weighted by Crippen LogP contribution is 2.03. The van der Waals surface area contributed by atoms with Gasteiger partial charge in [0.1, 0.15) is 6.26 Å². The lowest BCUT2D eigenvalue weighted by Gasteiger charge is -1.87. The zero-order valence-electron chi connectivity index (χ0n) is 6.23. The summed E-state index contributed by atoms with van der Waals surface area (Å²) in [6.45, 7) is 1.38. The Morgan fingerprint density at radius 2 is 2.33 bits per heavy atom. The molecule has 0 aromatic carbocycles. The van der Waals surface area contributed by atoms with E-state index in [0.717, 1.165) is 6.26 Å². The van der Waals surface area contributed by atoms with Gasteiger partial charge >= 0.3 is 11.8 Å². The summed E-state index contributed by atoms with van der Waals surface area (Å²) >= 11 is 0. The maximum absolute atomic E-state index is 10.3. The molecule has 5 nitrogen and oxygen atoms in total. The van der Waals surface area contributed by atoms with Gasteiger partial charge in [0.15, 0.2) is 5.76 Å². The van der Waals surface area contributed by atoms with Crippen molar-refractivity contribution in [3.63, 3.8) is 0 Å². The Balaban J connectivity index is 2.95. The molecule has 0 atom stereocenters. The summed E-state index contributed by atoms with van der Waals surface area (Å²) in [5.41, 5.74) is 0.0690. The van der Waals surface area contributed by atoms with Gasteiger partial charge in [-0.2, -0.15) is 0 Å². The molecule has 1 N–H and O–H groups in total. The molecule has 1 heterocycles. The molecule has 0 spiro atoms. The van der Waals surface area contributed by atoms with Crippen molar-refractivity contribution in [1.82, 2.24) is 0 Å². The lowest BCUT2D eigenvalue weighted by atomic mass is 10.3. The van der Waals surface area contributed by atoms with Gasteiger partial charge < -0.3 is 13.9 Å². The first kappa shape index (κ1) is 8.32. The van der Waals surface area contributed by atoms with Crippen LogP contribution in [0.1, 0.15) is 12.7 Å². The third kappa shape index (κ3) is 1.85. The van der Waals surface area contributed by atoms with Crippen molar-refractivity contribution in [1.29, 1.82) is 0 Å². The fourth-order valence-electron chi connectivity index (χ4n) is 0.589. The molecule has 0 saturated carbocycles. The van der Waals surface area contributed by atoms with Crippen molar-refractivity contribution in [3.05, 3.63) is 28.2 Å². The minimum Gasteiger partial charge on any atom is -0.478 e. The fourth-order valence-corrected chi connectivity index (χ4v) is 0.589. The zero-order valence-corrected chi connectivity index (χ0v) is 6.23. The molecular formula is C7H6O5. The highest BCUT2D eigenvalue weighted by Gasteiger charge is 2.02. The monoisotopic (exact) mass is 170 g/mol. The molecule has 0 saturated heterocycles. The molecular weight excluding hydrogens is 164 g/mol. The molecule has 5 heteroatoms. The largest absolute Gasteiger partial charge is 0.519 e. The van der Waals surface area contributed by atoms with Gasteiger partial charge in [-0.1, -0.05) is 0 Å². The summed E-state index contributed by atoms with van der Waals surface area (Å²) in [6, 6.07) is 0. The van der Waals surface area contributed by atoms with E-state index in [9.17, 15) is 9.59 Å². The van der Waals surface area contributed by atoms with Crippen molar-refractivity contribution in [3.8, 4) is 0 Å². The van der Waals surface area contributed by atoms with E-state index < -0.39 is 11.8 Å². The maximum atomic E-state index is 10.3. The van der Waals surface area contributed by atoms with Crippen LogP contribution in [0.25, 0.3) is 6.08 Å². The Morgan fingerprint density at radius 1 is 1.67 bits per heavy atom. The molecule has 12 heavy (non-hydrogen) atoms. The first-order chi connectivity index (χ1) is 5.59. The van der Waals surface area contributed by atoms with E-state index in [2.05, 4.69) is 8.83 Å². The second-order valence-corrected chi connectivity index (χ2v) is 2.12. The molecule has 0 amide bonds. The van der Waals surface area contributed by atoms with Crippen molar-refractivity contribution in [2.75, 3.05) is 0 Å². The average molecular weight is 170 g/mol. The van der Waals surface area contributed by atoms with E-state index in [0.29, 0.717) is 0 Å². The molecule has 0 fully saturated rings. The highest BCUT2D eigenvalue weighted by atomic mass is 16.6. The summed E-state index contributed by atoms with van der Waals surface area (Å²) in [4.78, 5) is 20.6. The van der Waals surface area contributed by atoms with Crippen LogP contribution in [0.5, 0.6) is 0 Å².